The number of ether oxygens (including phenoxy) is 1. The molecular formula is C18H22F2N2O4. The summed E-state index contributed by atoms with van der Waals surface area (Å²) in [6, 6.07) is 6.29. The summed E-state index contributed by atoms with van der Waals surface area (Å²) in [7, 11) is 0. The normalized spacial score (nSPS) is 24.6. The maximum absolute atomic E-state index is 12.4. The Kier molecular flexibility index (Phi) is 5.29. The number of nitrogens with zero attached hydrogens (tertiary/aromatic N) is 1. The molecule has 1 aromatic carbocycles. The predicted molar refractivity (Wildman–Crippen MR) is 89.2 cm³/mol. The van der Waals surface area contributed by atoms with Crippen LogP contribution in [0, 0.1) is 11.3 Å². The number of aliphatic carboxylic acids is 1. The van der Waals surface area contributed by atoms with Crippen molar-refractivity contribution < 1.29 is 28.2 Å². The number of benzene rings is 1. The number of carboxylic acids is 1. The fraction of sp³-hybridized carbons (Fsp3) is 0.556. The molecule has 0 aromatic heterocycles. The fourth-order valence-corrected chi connectivity index (χ4v) is 3.99. The molecule has 1 saturated carbocycles. The molecule has 2 fully saturated rings. The lowest BCUT2D eigenvalue weighted by Gasteiger charge is -2.23. The van der Waals surface area contributed by atoms with E-state index in [0.29, 0.717) is 18.7 Å². The predicted octanol–water partition coefficient (Wildman–Crippen LogP) is 2.73. The van der Waals surface area contributed by atoms with Gasteiger partial charge in [-0.1, -0.05) is 18.6 Å². The van der Waals surface area contributed by atoms with Gasteiger partial charge in [-0.2, -0.15) is 0 Å². The third-order valence-corrected chi connectivity index (χ3v) is 5.30. The molecule has 6 nitrogen and oxygen atoms in total. The number of carbonyl (C=O) groups excluding carboxylic acids is 1. The largest absolute Gasteiger partial charge is 0.488 e. The van der Waals surface area contributed by atoms with Gasteiger partial charge in [0.2, 0.25) is 0 Å². The number of carbonyl (C=O) groups is 2. The third-order valence-electron chi connectivity index (χ3n) is 5.30. The summed E-state index contributed by atoms with van der Waals surface area (Å²) >= 11 is 0. The van der Waals surface area contributed by atoms with Gasteiger partial charge in [-0.25, -0.2) is 13.6 Å². The van der Waals surface area contributed by atoms with E-state index in [-0.39, 0.29) is 25.0 Å². The second-order valence-electron chi connectivity index (χ2n) is 6.94. The lowest BCUT2D eigenvalue weighted by Crippen LogP contribution is -2.41. The zero-order chi connectivity index (χ0) is 18.7. The van der Waals surface area contributed by atoms with Crippen molar-refractivity contribution in [2.45, 2.75) is 32.2 Å². The zero-order valence-corrected chi connectivity index (χ0v) is 14.3. The van der Waals surface area contributed by atoms with Crippen LogP contribution in [0.5, 0.6) is 5.75 Å². The van der Waals surface area contributed by atoms with Crippen LogP contribution in [0.15, 0.2) is 24.3 Å². The van der Waals surface area contributed by atoms with Crippen LogP contribution in [0.1, 0.15) is 24.8 Å². The maximum Gasteiger partial charge on any atom is 0.317 e. The van der Waals surface area contributed by atoms with Crippen LogP contribution < -0.4 is 10.1 Å². The highest BCUT2D eigenvalue weighted by Gasteiger charge is 2.55. The number of alkyl halides is 2. The Hall–Kier alpha value is -2.38. The first-order chi connectivity index (χ1) is 12.4. The Morgan fingerprint density at radius 3 is 2.92 bits per heavy atom. The van der Waals surface area contributed by atoms with E-state index in [1.807, 2.05) is 0 Å². The summed E-state index contributed by atoms with van der Waals surface area (Å²) in [5.41, 5.74) is -0.0853. The van der Waals surface area contributed by atoms with Gasteiger partial charge in [-0.15, -0.1) is 0 Å². The van der Waals surface area contributed by atoms with Crippen molar-refractivity contribution in [3.63, 3.8) is 0 Å². The topological polar surface area (TPSA) is 78.9 Å². The SMILES string of the molecule is O=C(NCc1cccc(OCC(F)F)c1)N1C[C@@H]2CCC[C@@]2(C(=O)O)C1. The van der Waals surface area contributed by atoms with Crippen molar-refractivity contribution in [1.29, 1.82) is 0 Å². The molecule has 1 aliphatic carbocycles. The lowest BCUT2D eigenvalue weighted by atomic mass is 9.81. The summed E-state index contributed by atoms with van der Waals surface area (Å²) < 4.78 is 29.4. The van der Waals surface area contributed by atoms with Gasteiger partial charge >= 0.3 is 12.0 Å². The minimum Gasteiger partial charge on any atom is -0.488 e. The van der Waals surface area contributed by atoms with E-state index in [0.717, 1.165) is 18.4 Å². The molecule has 2 N–H and O–H groups in total. The number of hydrogen-bond acceptors (Lipinski definition) is 3. The van der Waals surface area contributed by atoms with Crippen LogP contribution in [0.2, 0.25) is 0 Å². The van der Waals surface area contributed by atoms with Crippen LogP contribution in [0.4, 0.5) is 13.6 Å². The van der Waals surface area contributed by atoms with Crippen LogP contribution >= 0.6 is 0 Å². The van der Waals surface area contributed by atoms with Crippen molar-refractivity contribution in [2.24, 2.45) is 11.3 Å². The number of likely N-dealkylation sites (tertiary alicyclic amines) is 1. The van der Waals surface area contributed by atoms with Crippen LogP contribution in [0.25, 0.3) is 0 Å². The number of halogens is 2. The molecule has 1 aliphatic heterocycles. The minimum atomic E-state index is -2.55. The number of rotatable bonds is 6. The Bertz CT molecular complexity index is 685. The summed E-state index contributed by atoms with van der Waals surface area (Å²) in [6.07, 6.45) is -0.216. The third kappa shape index (κ3) is 3.73. The molecule has 3 rings (SSSR count). The second kappa shape index (κ2) is 7.47. The first kappa shape index (κ1) is 18.4. The van der Waals surface area contributed by atoms with Crippen molar-refractivity contribution >= 4 is 12.0 Å². The van der Waals surface area contributed by atoms with Crippen molar-refractivity contribution in [2.75, 3.05) is 19.7 Å². The Morgan fingerprint density at radius 2 is 2.23 bits per heavy atom. The number of hydrogen-bond donors (Lipinski definition) is 2. The van der Waals surface area contributed by atoms with Gasteiger partial charge in [-0.3, -0.25) is 4.79 Å². The highest BCUT2D eigenvalue weighted by molar-refractivity contribution is 5.80. The first-order valence-corrected chi connectivity index (χ1v) is 8.67. The van der Waals surface area contributed by atoms with E-state index in [4.69, 9.17) is 4.74 Å². The number of amides is 2. The second-order valence-corrected chi connectivity index (χ2v) is 6.94. The van der Waals surface area contributed by atoms with Crippen LogP contribution in [-0.4, -0.2) is 48.1 Å². The van der Waals surface area contributed by atoms with Crippen molar-refractivity contribution in [3.05, 3.63) is 29.8 Å². The number of fused-ring (bicyclic) bond motifs is 1. The highest BCUT2D eigenvalue weighted by atomic mass is 19.3. The van der Waals surface area contributed by atoms with Gasteiger partial charge in [0.1, 0.15) is 12.4 Å². The molecule has 0 bridgehead atoms. The molecule has 1 saturated heterocycles. The molecule has 0 radical (unpaired) electrons. The molecule has 2 aliphatic rings. The van der Waals surface area contributed by atoms with Crippen molar-refractivity contribution in [1.82, 2.24) is 10.2 Å². The zero-order valence-electron chi connectivity index (χ0n) is 14.3. The van der Waals surface area contributed by atoms with E-state index in [1.165, 1.54) is 0 Å². The summed E-state index contributed by atoms with van der Waals surface area (Å²) in [4.78, 5) is 25.6. The summed E-state index contributed by atoms with van der Waals surface area (Å²) in [6.45, 7) is 0.222. The van der Waals surface area contributed by atoms with Gasteiger partial charge in [0, 0.05) is 19.6 Å². The van der Waals surface area contributed by atoms with E-state index in [2.05, 4.69) is 5.32 Å². The number of urea groups is 1. The Balaban J connectivity index is 1.55. The van der Waals surface area contributed by atoms with Gasteiger partial charge in [0.05, 0.1) is 5.41 Å². The first-order valence-electron chi connectivity index (χ1n) is 8.67. The van der Waals surface area contributed by atoms with Gasteiger partial charge < -0.3 is 20.1 Å². The van der Waals surface area contributed by atoms with Crippen LogP contribution in [-0.2, 0) is 11.3 Å². The van der Waals surface area contributed by atoms with Crippen molar-refractivity contribution in [3.8, 4) is 5.75 Å². The average molecular weight is 368 g/mol. The molecule has 1 heterocycles. The van der Waals surface area contributed by atoms with E-state index < -0.39 is 24.4 Å². The van der Waals surface area contributed by atoms with E-state index in [9.17, 15) is 23.5 Å². The smallest absolute Gasteiger partial charge is 0.317 e. The molecule has 26 heavy (non-hydrogen) atoms. The average Bonchev–Trinajstić information content (AvgIpc) is 3.16. The molecule has 1 aromatic rings. The quantitative estimate of drug-likeness (QED) is 0.809. The summed E-state index contributed by atoms with van der Waals surface area (Å²) in [5.74, 6) is -0.492. The molecule has 2 amide bonds. The fourth-order valence-electron chi connectivity index (χ4n) is 3.99. The van der Waals surface area contributed by atoms with Gasteiger partial charge in [-0.05, 0) is 36.5 Å². The minimum absolute atomic E-state index is 0.0109. The standard InChI is InChI=1S/C18H22F2N2O4/c19-15(20)10-26-14-5-1-3-12(7-14)8-21-17(25)22-9-13-4-2-6-18(13,11-22)16(23)24/h1,3,5,7,13,15H,2,4,6,8-11H2,(H,21,25)(H,23,24)/t13-,18+/m0/s1. The monoisotopic (exact) mass is 368 g/mol. The Morgan fingerprint density at radius 1 is 1.42 bits per heavy atom. The van der Waals surface area contributed by atoms with E-state index >= 15 is 0 Å². The summed E-state index contributed by atoms with van der Waals surface area (Å²) in [5, 5.41) is 12.3. The molecule has 142 valence electrons. The van der Waals surface area contributed by atoms with Crippen LogP contribution in [0.3, 0.4) is 0 Å². The van der Waals surface area contributed by atoms with Gasteiger partial charge in [0.25, 0.3) is 6.43 Å². The number of carboxylic acid groups (broad SMARTS) is 1. The lowest BCUT2D eigenvalue weighted by molar-refractivity contribution is -0.149. The molecule has 2 atom stereocenters. The molecule has 8 heteroatoms. The number of nitrogens with one attached hydrogen (secondary N) is 1. The highest BCUT2D eigenvalue weighted by Crippen LogP contribution is 2.48. The molecule has 0 spiro atoms. The van der Waals surface area contributed by atoms with E-state index in [1.54, 1.807) is 29.2 Å². The Labute approximate surface area is 150 Å². The van der Waals surface area contributed by atoms with Gasteiger partial charge in [0.15, 0.2) is 0 Å². The molecule has 0 unspecified atom stereocenters. The molecular weight excluding hydrogens is 346 g/mol. The maximum atomic E-state index is 12.4.